The molecule has 0 saturated carbocycles. The minimum absolute atomic E-state index is 0.171. The fourth-order valence-corrected chi connectivity index (χ4v) is 3.07. The summed E-state index contributed by atoms with van der Waals surface area (Å²) in [5.41, 5.74) is 0.207. The van der Waals surface area contributed by atoms with Crippen molar-refractivity contribution >= 4 is 17.3 Å². The van der Waals surface area contributed by atoms with Crippen molar-refractivity contribution in [3.63, 3.8) is 0 Å². The first-order valence-electron chi connectivity index (χ1n) is 6.61. The van der Waals surface area contributed by atoms with E-state index in [0.717, 1.165) is 25.9 Å². The molecule has 5 heteroatoms. The molecule has 2 atom stereocenters. The zero-order valence-corrected chi connectivity index (χ0v) is 11.4. The van der Waals surface area contributed by atoms with Crippen LogP contribution in [0.15, 0.2) is 18.2 Å². The molecule has 0 radical (unpaired) electrons. The van der Waals surface area contributed by atoms with Crippen LogP contribution in [0.25, 0.3) is 0 Å². The Labute approximate surface area is 117 Å². The minimum Gasteiger partial charge on any atom is -0.379 e. The third-order valence-corrected chi connectivity index (χ3v) is 4.19. The van der Waals surface area contributed by atoms with Crippen molar-refractivity contribution in [1.82, 2.24) is 0 Å². The van der Waals surface area contributed by atoms with Crippen molar-refractivity contribution in [1.29, 1.82) is 0 Å². The SMILES string of the molecule is Fc1cccc(Cl)c1NC1CCOC2(CCOC2)C1. The van der Waals surface area contributed by atoms with Crippen LogP contribution in [0.1, 0.15) is 19.3 Å². The third kappa shape index (κ3) is 2.71. The van der Waals surface area contributed by atoms with Crippen molar-refractivity contribution in [2.75, 3.05) is 25.1 Å². The van der Waals surface area contributed by atoms with Gasteiger partial charge in [0.1, 0.15) is 5.82 Å². The molecule has 2 heterocycles. The van der Waals surface area contributed by atoms with Gasteiger partial charge in [-0.2, -0.15) is 0 Å². The van der Waals surface area contributed by atoms with Crippen LogP contribution in [-0.2, 0) is 9.47 Å². The zero-order valence-electron chi connectivity index (χ0n) is 10.6. The second kappa shape index (κ2) is 5.27. The van der Waals surface area contributed by atoms with Crippen LogP contribution in [0, 0.1) is 5.82 Å². The molecule has 0 bridgehead atoms. The molecule has 1 aromatic carbocycles. The Morgan fingerprint density at radius 2 is 2.26 bits per heavy atom. The molecule has 0 aliphatic carbocycles. The van der Waals surface area contributed by atoms with Gasteiger partial charge in [0.2, 0.25) is 0 Å². The lowest BCUT2D eigenvalue weighted by atomic mass is 9.89. The van der Waals surface area contributed by atoms with Crippen molar-refractivity contribution in [2.24, 2.45) is 0 Å². The van der Waals surface area contributed by atoms with Crippen LogP contribution in [0.3, 0.4) is 0 Å². The number of para-hydroxylation sites is 1. The van der Waals surface area contributed by atoms with Crippen LogP contribution < -0.4 is 5.32 Å². The molecule has 19 heavy (non-hydrogen) atoms. The summed E-state index contributed by atoms with van der Waals surface area (Å²) >= 11 is 6.04. The maximum absolute atomic E-state index is 13.8. The Hall–Kier alpha value is -0.840. The molecule has 2 aliphatic heterocycles. The fraction of sp³-hybridized carbons (Fsp3) is 0.571. The summed E-state index contributed by atoms with van der Waals surface area (Å²) in [6, 6.07) is 4.90. The number of rotatable bonds is 2. The molecular formula is C14H17ClFNO2. The van der Waals surface area contributed by atoms with Gasteiger partial charge in [-0.15, -0.1) is 0 Å². The topological polar surface area (TPSA) is 30.5 Å². The molecule has 2 saturated heterocycles. The summed E-state index contributed by atoms with van der Waals surface area (Å²) in [4.78, 5) is 0. The zero-order chi connectivity index (χ0) is 13.3. The van der Waals surface area contributed by atoms with Gasteiger partial charge in [-0.3, -0.25) is 0 Å². The number of benzene rings is 1. The Kier molecular flexibility index (Phi) is 3.65. The van der Waals surface area contributed by atoms with E-state index in [9.17, 15) is 4.39 Å². The Morgan fingerprint density at radius 1 is 1.37 bits per heavy atom. The highest BCUT2D eigenvalue weighted by Gasteiger charge is 2.41. The molecule has 104 valence electrons. The van der Waals surface area contributed by atoms with E-state index in [1.807, 2.05) is 0 Å². The average molecular weight is 286 g/mol. The number of ether oxygens (including phenoxy) is 2. The normalized spacial score (nSPS) is 30.7. The summed E-state index contributed by atoms with van der Waals surface area (Å²) in [6.45, 7) is 2.05. The number of halogens is 2. The van der Waals surface area contributed by atoms with Crippen molar-refractivity contribution in [2.45, 2.75) is 30.9 Å². The number of nitrogens with one attached hydrogen (secondary N) is 1. The maximum atomic E-state index is 13.8. The van der Waals surface area contributed by atoms with Gasteiger partial charge in [0.25, 0.3) is 0 Å². The molecule has 1 spiro atoms. The van der Waals surface area contributed by atoms with E-state index in [1.54, 1.807) is 12.1 Å². The highest BCUT2D eigenvalue weighted by atomic mass is 35.5. The number of anilines is 1. The van der Waals surface area contributed by atoms with Gasteiger partial charge < -0.3 is 14.8 Å². The summed E-state index contributed by atoms with van der Waals surface area (Å²) in [5.74, 6) is -0.310. The summed E-state index contributed by atoms with van der Waals surface area (Å²) in [7, 11) is 0. The van der Waals surface area contributed by atoms with Crippen LogP contribution in [0.4, 0.5) is 10.1 Å². The van der Waals surface area contributed by atoms with Gasteiger partial charge >= 0.3 is 0 Å². The molecule has 0 aromatic heterocycles. The van der Waals surface area contributed by atoms with E-state index in [4.69, 9.17) is 21.1 Å². The van der Waals surface area contributed by atoms with Crippen LogP contribution in [0.5, 0.6) is 0 Å². The standard InChI is InChI=1S/C14H17ClFNO2/c15-11-2-1-3-12(16)13(11)17-10-4-6-19-14(8-10)5-7-18-9-14/h1-3,10,17H,4-9H2. The van der Waals surface area contributed by atoms with Gasteiger partial charge in [0.05, 0.1) is 22.9 Å². The van der Waals surface area contributed by atoms with Gasteiger partial charge in [-0.1, -0.05) is 17.7 Å². The van der Waals surface area contributed by atoms with E-state index in [0.29, 0.717) is 23.9 Å². The molecule has 2 fully saturated rings. The lowest BCUT2D eigenvalue weighted by Gasteiger charge is -2.37. The number of hydrogen-bond donors (Lipinski definition) is 1. The largest absolute Gasteiger partial charge is 0.379 e. The quantitative estimate of drug-likeness (QED) is 0.905. The van der Waals surface area contributed by atoms with Gasteiger partial charge in [0, 0.05) is 25.7 Å². The van der Waals surface area contributed by atoms with Crippen LogP contribution in [0.2, 0.25) is 5.02 Å². The molecule has 2 unspecified atom stereocenters. The van der Waals surface area contributed by atoms with Crippen molar-refractivity contribution in [3.05, 3.63) is 29.0 Å². The lowest BCUT2D eigenvalue weighted by molar-refractivity contribution is -0.0828. The van der Waals surface area contributed by atoms with Crippen molar-refractivity contribution in [3.8, 4) is 0 Å². The van der Waals surface area contributed by atoms with Gasteiger partial charge in [0.15, 0.2) is 0 Å². The van der Waals surface area contributed by atoms with Crippen LogP contribution >= 0.6 is 11.6 Å². The predicted molar refractivity (Wildman–Crippen MR) is 72.2 cm³/mol. The Bertz CT molecular complexity index is 443. The smallest absolute Gasteiger partial charge is 0.147 e. The second-order valence-corrected chi connectivity index (χ2v) is 5.67. The summed E-state index contributed by atoms with van der Waals surface area (Å²) in [5, 5.41) is 3.65. The third-order valence-electron chi connectivity index (χ3n) is 3.87. The molecule has 3 nitrogen and oxygen atoms in total. The predicted octanol–water partition coefficient (Wildman–Crippen LogP) is 3.23. The average Bonchev–Trinajstić information content (AvgIpc) is 2.82. The highest BCUT2D eigenvalue weighted by Crippen LogP contribution is 2.35. The first-order valence-corrected chi connectivity index (χ1v) is 6.99. The Balaban J connectivity index is 1.73. The van der Waals surface area contributed by atoms with E-state index >= 15 is 0 Å². The monoisotopic (exact) mass is 285 g/mol. The van der Waals surface area contributed by atoms with Crippen LogP contribution in [-0.4, -0.2) is 31.5 Å². The Morgan fingerprint density at radius 3 is 3.00 bits per heavy atom. The summed E-state index contributed by atoms with van der Waals surface area (Å²) < 4.78 is 25.1. The van der Waals surface area contributed by atoms with E-state index in [-0.39, 0.29) is 17.5 Å². The van der Waals surface area contributed by atoms with E-state index in [1.165, 1.54) is 6.07 Å². The van der Waals surface area contributed by atoms with E-state index < -0.39 is 0 Å². The maximum Gasteiger partial charge on any atom is 0.147 e. The number of hydrogen-bond acceptors (Lipinski definition) is 3. The fourth-order valence-electron chi connectivity index (χ4n) is 2.85. The van der Waals surface area contributed by atoms with Crippen molar-refractivity contribution < 1.29 is 13.9 Å². The molecule has 1 N–H and O–H groups in total. The molecule has 3 rings (SSSR count). The van der Waals surface area contributed by atoms with Gasteiger partial charge in [-0.05, 0) is 25.0 Å². The highest BCUT2D eigenvalue weighted by molar-refractivity contribution is 6.33. The molecular weight excluding hydrogens is 269 g/mol. The second-order valence-electron chi connectivity index (χ2n) is 5.26. The molecule has 1 aromatic rings. The minimum atomic E-state index is -0.310. The lowest BCUT2D eigenvalue weighted by Crippen LogP contribution is -2.45. The molecule has 0 amide bonds. The first-order chi connectivity index (χ1) is 9.19. The summed E-state index contributed by atoms with van der Waals surface area (Å²) in [6.07, 6.45) is 2.60. The first kappa shape index (κ1) is 13.2. The molecule has 2 aliphatic rings. The van der Waals surface area contributed by atoms with E-state index in [2.05, 4.69) is 5.32 Å². The van der Waals surface area contributed by atoms with Gasteiger partial charge in [-0.25, -0.2) is 4.39 Å².